The Bertz CT molecular complexity index is 852. The topological polar surface area (TPSA) is 61.4 Å². The van der Waals surface area contributed by atoms with Gasteiger partial charge in [0.25, 0.3) is 0 Å². The number of likely N-dealkylation sites (tertiary alicyclic amines) is 1. The number of anilines is 1. The maximum absolute atomic E-state index is 13.7. The predicted octanol–water partition coefficient (Wildman–Crippen LogP) is 3.32. The number of halogens is 2. The number of nitrogens with one attached hydrogen (secondary N) is 2. The van der Waals surface area contributed by atoms with Gasteiger partial charge in [-0.1, -0.05) is 30.3 Å². The second-order valence-corrected chi connectivity index (χ2v) is 7.30. The average molecular weight is 401 g/mol. The van der Waals surface area contributed by atoms with Crippen LogP contribution in [0, 0.1) is 17.6 Å². The lowest BCUT2D eigenvalue weighted by atomic mass is 9.94. The Morgan fingerprint density at radius 2 is 1.79 bits per heavy atom. The van der Waals surface area contributed by atoms with E-state index >= 15 is 0 Å². The van der Waals surface area contributed by atoms with Crippen molar-refractivity contribution in [1.82, 2.24) is 10.2 Å². The Morgan fingerprint density at radius 3 is 2.45 bits per heavy atom. The Kier molecular flexibility index (Phi) is 6.93. The van der Waals surface area contributed by atoms with Crippen LogP contribution in [0.3, 0.4) is 0 Å². The van der Waals surface area contributed by atoms with E-state index < -0.39 is 17.7 Å². The SMILES string of the molecule is C[C@@H](C(=O)Nc1ccc(F)cc1F)N1CCC(C(=O)NCc2ccccc2)CC1. The first-order valence-corrected chi connectivity index (χ1v) is 9.75. The van der Waals surface area contributed by atoms with Crippen LogP contribution in [0.25, 0.3) is 0 Å². The van der Waals surface area contributed by atoms with E-state index in [-0.39, 0.29) is 23.4 Å². The van der Waals surface area contributed by atoms with E-state index in [0.717, 1.165) is 17.7 Å². The summed E-state index contributed by atoms with van der Waals surface area (Å²) in [7, 11) is 0. The largest absolute Gasteiger partial charge is 0.352 e. The molecule has 1 saturated heterocycles. The third kappa shape index (κ3) is 5.60. The number of piperidine rings is 1. The number of carbonyl (C=O) groups excluding carboxylic acids is 2. The van der Waals surface area contributed by atoms with Crippen LogP contribution < -0.4 is 10.6 Å². The summed E-state index contributed by atoms with van der Waals surface area (Å²) in [6.07, 6.45) is 1.31. The molecule has 1 aliphatic rings. The standard InChI is InChI=1S/C22H25F2N3O2/c1-15(21(28)26-20-8-7-18(23)13-19(20)24)27-11-9-17(10-12-27)22(29)25-14-16-5-3-2-4-6-16/h2-8,13,15,17H,9-12,14H2,1H3,(H,25,29)(H,26,28)/t15-/m0/s1. The molecule has 0 radical (unpaired) electrons. The van der Waals surface area contributed by atoms with Crippen LogP contribution in [0.5, 0.6) is 0 Å². The molecule has 154 valence electrons. The maximum Gasteiger partial charge on any atom is 0.241 e. The van der Waals surface area contributed by atoms with Gasteiger partial charge in [0.15, 0.2) is 0 Å². The van der Waals surface area contributed by atoms with Crippen LogP contribution in [0.15, 0.2) is 48.5 Å². The van der Waals surface area contributed by atoms with Crippen molar-refractivity contribution in [2.75, 3.05) is 18.4 Å². The molecule has 2 aromatic rings. The second kappa shape index (κ2) is 9.60. The van der Waals surface area contributed by atoms with Crippen molar-refractivity contribution < 1.29 is 18.4 Å². The summed E-state index contributed by atoms with van der Waals surface area (Å²) in [5.41, 5.74) is 1.01. The highest BCUT2D eigenvalue weighted by molar-refractivity contribution is 5.94. The van der Waals surface area contributed by atoms with Gasteiger partial charge < -0.3 is 10.6 Å². The number of benzene rings is 2. The van der Waals surface area contributed by atoms with Crippen molar-refractivity contribution in [3.05, 3.63) is 65.7 Å². The van der Waals surface area contributed by atoms with E-state index in [1.165, 1.54) is 6.07 Å². The minimum atomic E-state index is -0.806. The normalized spacial score (nSPS) is 16.2. The van der Waals surface area contributed by atoms with Gasteiger partial charge in [0.05, 0.1) is 11.7 Å². The van der Waals surface area contributed by atoms with Gasteiger partial charge in [-0.15, -0.1) is 0 Å². The number of carbonyl (C=O) groups is 2. The molecule has 0 unspecified atom stereocenters. The fourth-order valence-corrected chi connectivity index (χ4v) is 3.47. The molecule has 29 heavy (non-hydrogen) atoms. The lowest BCUT2D eigenvalue weighted by Gasteiger charge is -2.34. The zero-order valence-corrected chi connectivity index (χ0v) is 16.3. The molecule has 7 heteroatoms. The molecule has 2 N–H and O–H groups in total. The number of hydrogen-bond donors (Lipinski definition) is 2. The monoisotopic (exact) mass is 401 g/mol. The molecule has 5 nitrogen and oxygen atoms in total. The summed E-state index contributed by atoms with van der Waals surface area (Å²) in [5, 5.41) is 5.48. The minimum Gasteiger partial charge on any atom is -0.352 e. The molecule has 0 saturated carbocycles. The Morgan fingerprint density at radius 1 is 1.10 bits per heavy atom. The average Bonchev–Trinajstić information content (AvgIpc) is 2.74. The summed E-state index contributed by atoms with van der Waals surface area (Å²) in [5.74, 6) is -1.92. The second-order valence-electron chi connectivity index (χ2n) is 7.30. The summed E-state index contributed by atoms with van der Waals surface area (Å²) >= 11 is 0. The van der Waals surface area contributed by atoms with Crippen molar-refractivity contribution in [3.8, 4) is 0 Å². The molecular formula is C22H25F2N3O2. The van der Waals surface area contributed by atoms with Crippen molar-refractivity contribution in [2.24, 2.45) is 5.92 Å². The van der Waals surface area contributed by atoms with Crippen molar-refractivity contribution in [3.63, 3.8) is 0 Å². The van der Waals surface area contributed by atoms with Gasteiger partial charge in [0, 0.05) is 18.5 Å². The van der Waals surface area contributed by atoms with Crippen LogP contribution in [0.1, 0.15) is 25.3 Å². The fraction of sp³-hybridized carbons (Fsp3) is 0.364. The zero-order chi connectivity index (χ0) is 20.8. The molecule has 3 rings (SSSR count). The van der Waals surface area contributed by atoms with Crippen LogP contribution in [-0.2, 0) is 16.1 Å². The molecule has 0 aliphatic carbocycles. The first-order chi connectivity index (χ1) is 13.9. The van der Waals surface area contributed by atoms with Crippen LogP contribution in [0.4, 0.5) is 14.5 Å². The third-order valence-corrected chi connectivity index (χ3v) is 5.33. The molecule has 1 fully saturated rings. The summed E-state index contributed by atoms with van der Waals surface area (Å²) in [6, 6.07) is 12.3. The molecule has 0 bridgehead atoms. The van der Waals surface area contributed by atoms with Gasteiger partial charge in [-0.25, -0.2) is 8.78 Å². The Labute approximate surface area is 169 Å². The quantitative estimate of drug-likeness (QED) is 0.781. The van der Waals surface area contributed by atoms with Crippen molar-refractivity contribution >= 4 is 17.5 Å². The van der Waals surface area contributed by atoms with E-state index in [1.54, 1.807) is 6.92 Å². The zero-order valence-electron chi connectivity index (χ0n) is 16.3. The highest BCUT2D eigenvalue weighted by Gasteiger charge is 2.30. The smallest absolute Gasteiger partial charge is 0.241 e. The summed E-state index contributed by atoms with van der Waals surface area (Å²) < 4.78 is 26.7. The molecule has 1 aliphatic heterocycles. The van der Waals surface area contributed by atoms with Gasteiger partial charge in [-0.3, -0.25) is 14.5 Å². The summed E-state index contributed by atoms with van der Waals surface area (Å²) in [6.45, 7) is 3.45. The molecular weight excluding hydrogens is 376 g/mol. The maximum atomic E-state index is 13.7. The molecule has 2 aromatic carbocycles. The van der Waals surface area contributed by atoms with E-state index in [2.05, 4.69) is 10.6 Å². The van der Waals surface area contributed by atoms with E-state index in [9.17, 15) is 18.4 Å². The molecule has 0 spiro atoms. The lowest BCUT2D eigenvalue weighted by molar-refractivity contribution is -0.127. The number of nitrogens with zero attached hydrogens (tertiary/aromatic N) is 1. The van der Waals surface area contributed by atoms with Gasteiger partial charge >= 0.3 is 0 Å². The first-order valence-electron chi connectivity index (χ1n) is 9.75. The number of hydrogen-bond acceptors (Lipinski definition) is 3. The first kappa shape index (κ1) is 20.9. The minimum absolute atomic E-state index is 0.0268. The highest BCUT2D eigenvalue weighted by atomic mass is 19.1. The van der Waals surface area contributed by atoms with Crippen molar-refractivity contribution in [1.29, 1.82) is 0 Å². The predicted molar refractivity (Wildman–Crippen MR) is 107 cm³/mol. The van der Waals surface area contributed by atoms with E-state index in [1.807, 2.05) is 35.2 Å². The van der Waals surface area contributed by atoms with Gasteiger partial charge in [0.1, 0.15) is 11.6 Å². The molecule has 1 heterocycles. The molecule has 1 atom stereocenters. The van der Waals surface area contributed by atoms with E-state index in [0.29, 0.717) is 32.5 Å². The molecule has 2 amide bonds. The van der Waals surface area contributed by atoms with Crippen LogP contribution in [0.2, 0.25) is 0 Å². The molecule has 0 aromatic heterocycles. The van der Waals surface area contributed by atoms with E-state index in [4.69, 9.17) is 0 Å². The lowest BCUT2D eigenvalue weighted by Crippen LogP contribution is -2.48. The fourth-order valence-electron chi connectivity index (χ4n) is 3.47. The third-order valence-electron chi connectivity index (χ3n) is 5.33. The Balaban J connectivity index is 1.46. The summed E-state index contributed by atoms with van der Waals surface area (Å²) in [4.78, 5) is 26.8. The van der Waals surface area contributed by atoms with Crippen LogP contribution >= 0.6 is 0 Å². The highest BCUT2D eigenvalue weighted by Crippen LogP contribution is 2.21. The van der Waals surface area contributed by atoms with Crippen LogP contribution in [-0.4, -0.2) is 35.8 Å². The number of amides is 2. The van der Waals surface area contributed by atoms with Gasteiger partial charge in [-0.2, -0.15) is 0 Å². The van der Waals surface area contributed by atoms with Gasteiger partial charge in [0.2, 0.25) is 11.8 Å². The Hall–Kier alpha value is -2.80. The van der Waals surface area contributed by atoms with Gasteiger partial charge in [-0.05, 0) is 50.6 Å². The number of rotatable bonds is 6. The van der Waals surface area contributed by atoms with Crippen molar-refractivity contribution in [2.45, 2.75) is 32.4 Å².